The van der Waals surface area contributed by atoms with Gasteiger partial charge in [-0.3, -0.25) is 0 Å². The zero-order valence-corrected chi connectivity index (χ0v) is 11.4. The van der Waals surface area contributed by atoms with Crippen molar-refractivity contribution < 1.29 is 4.39 Å². The monoisotopic (exact) mass is 308 g/mol. The Hall–Kier alpha value is -1.39. The van der Waals surface area contributed by atoms with Crippen molar-refractivity contribution in [3.8, 4) is 0 Å². The van der Waals surface area contributed by atoms with Crippen molar-refractivity contribution in [2.24, 2.45) is 5.73 Å². The molecule has 2 rings (SSSR count). The summed E-state index contributed by atoms with van der Waals surface area (Å²) in [5.41, 5.74) is 7.81. The van der Waals surface area contributed by atoms with E-state index in [-0.39, 0.29) is 5.82 Å². The van der Waals surface area contributed by atoms with Gasteiger partial charge in [-0.2, -0.15) is 0 Å². The first-order valence-corrected chi connectivity index (χ1v) is 6.50. The summed E-state index contributed by atoms with van der Waals surface area (Å²) in [7, 11) is 0. The van der Waals surface area contributed by atoms with E-state index in [0.29, 0.717) is 18.5 Å². The first-order chi connectivity index (χ1) is 8.70. The highest BCUT2D eigenvalue weighted by atomic mass is 79.9. The van der Waals surface area contributed by atoms with Crippen LogP contribution in [0, 0.1) is 5.82 Å². The third kappa shape index (κ3) is 3.09. The van der Waals surface area contributed by atoms with Crippen LogP contribution in [0.2, 0.25) is 0 Å². The molecule has 0 heterocycles. The van der Waals surface area contributed by atoms with Crippen LogP contribution in [-0.4, -0.2) is 6.54 Å². The van der Waals surface area contributed by atoms with Crippen LogP contribution in [0.25, 0.3) is 0 Å². The van der Waals surface area contributed by atoms with E-state index in [2.05, 4.69) is 21.2 Å². The van der Waals surface area contributed by atoms with Gasteiger partial charge in [0.15, 0.2) is 0 Å². The predicted octanol–water partition coefficient (Wildman–Crippen LogP) is 3.83. The molecule has 0 amide bonds. The zero-order chi connectivity index (χ0) is 13.0. The minimum Gasteiger partial charge on any atom is -0.355 e. The molecule has 2 aromatic rings. The van der Waals surface area contributed by atoms with Gasteiger partial charge in [0, 0.05) is 21.4 Å². The van der Waals surface area contributed by atoms with Crippen LogP contribution >= 0.6 is 15.9 Å². The number of rotatable bonds is 4. The Morgan fingerprint density at radius 2 is 1.94 bits per heavy atom. The van der Waals surface area contributed by atoms with E-state index in [1.807, 2.05) is 30.3 Å². The molecule has 0 spiro atoms. The number of halogens is 2. The third-order valence-corrected chi connectivity index (χ3v) is 3.11. The average molecular weight is 309 g/mol. The van der Waals surface area contributed by atoms with Crippen LogP contribution in [0.5, 0.6) is 0 Å². The summed E-state index contributed by atoms with van der Waals surface area (Å²) < 4.78 is 14.7. The van der Waals surface area contributed by atoms with Gasteiger partial charge >= 0.3 is 0 Å². The van der Waals surface area contributed by atoms with E-state index < -0.39 is 0 Å². The second-order valence-corrected chi connectivity index (χ2v) is 4.86. The van der Waals surface area contributed by atoms with Crippen LogP contribution in [0.3, 0.4) is 0 Å². The van der Waals surface area contributed by atoms with E-state index in [1.165, 1.54) is 6.07 Å². The number of benzene rings is 2. The summed E-state index contributed by atoms with van der Waals surface area (Å²) in [5.74, 6) is -0.222. The summed E-state index contributed by atoms with van der Waals surface area (Å²) in [6.07, 6.45) is 0.517. The molecule has 0 saturated heterocycles. The second kappa shape index (κ2) is 5.98. The fraction of sp³-hybridized carbons (Fsp3) is 0.143. The highest BCUT2D eigenvalue weighted by molar-refractivity contribution is 9.10. The highest BCUT2D eigenvalue weighted by Gasteiger charge is 2.07. The van der Waals surface area contributed by atoms with Crippen LogP contribution < -0.4 is 11.1 Å². The standard InChI is InChI=1S/C14H14BrFN2/c15-10-3-1-4-11(9-10)18-14-6-2-5-13(16)12(14)7-8-17/h1-6,9,18H,7-8,17H2. The van der Waals surface area contributed by atoms with Crippen molar-refractivity contribution in [3.05, 3.63) is 58.3 Å². The summed E-state index contributed by atoms with van der Waals surface area (Å²) >= 11 is 3.41. The average Bonchev–Trinajstić information content (AvgIpc) is 2.34. The molecule has 0 atom stereocenters. The second-order valence-electron chi connectivity index (χ2n) is 3.94. The lowest BCUT2D eigenvalue weighted by molar-refractivity contribution is 0.610. The molecule has 0 bridgehead atoms. The van der Waals surface area contributed by atoms with E-state index in [1.54, 1.807) is 6.07 Å². The lowest BCUT2D eigenvalue weighted by Crippen LogP contribution is -2.07. The molecule has 0 aliphatic carbocycles. The Balaban J connectivity index is 2.31. The molecule has 94 valence electrons. The molecule has 0 fully saturated rings. The molecule has 18 heavy (non-hydrogen) atoms. The number of hydrogen-bond donors (Lipinski definition) is 2. The normalized spacial score (nSPS) is 10.4. The third-order valence-electron chi connectivity index (χ3n) is 2.62. The van der Waals surface area contributed by atoms with Gasteiger partial charge in [-0.15, -0.1) is 0 Å². The number of nitrogens with two attached hydrogens (primary N) is 1. The van der Waals surface area contributed by atoms with E-state index in [4.69, 9.17) is 5.73 Å². The summed E-state index contributed by atoms with van der Waals surface area (Å²) in [6, 6.07) is 12.7. The lowest BCUT2D eigenvalue weighted by Gasteiger charge is -2.12. The van der Waals surface area contributed by atoms with Crippen molar-refractivity contribution in [2.75, 3.05) is 11.9 Å². The lowest BCUT2D eigenvalue weighted by atomic mass is 10.1. The molecule has 3 N–H and O–H groups in total. The minimum absolute atomic E-state index is 0.222. The molecule has 2 aromatic carbocycles. The maximum Gasteiger partial charge on any atom is 0.128 e. The Morgan fingerprint density at radius 3 is 2.67 bits per heavy atom. The Kier molecular flexibility index (Phi) is 4.33. The molecule has 0 radical (unpaired) electrons. The first kappa shape index (κ1) is 13.1. The van der Waals surface area contributed by atoms with Crippen molar-refractivity contribution in [3.63, 3.8) is 0 Å². The van der Waals surface area contributed by atoms with Gasteiger partial charge in [0.25, 0.3) is 0 Å². The molecular weight excluding hydrogens is 295 g/mol. The van der Waals surface area contributed by atoms with Crippen molar-refractivity contribution in [2.45, 2.75) is 6.42 Å². The molecule has 2 nitrogen and oxygen atoms in total. The molecule has 0 saturated carbocycles. The molecule has 0 aliphatic rings. The summed E-state index contributed by atoms with van der Waals surface area (Å²) in [4.78, 5) is 0. The topological polar surface area (TPSA) is 38.0 Å². The Bertz CT molecular complexity index is 543. The number of nitrogens with one attached hydrogen (secondary N) is 1. The van der Waals surface area contributed by atoms with Crippen LogP contribution in [0.1, 0.15) is 5.56 Å². The number of hydrogen-bond acceptors (Lipinski definition) is 2. The summed E-state index contributed by atoms with van der Waals surface area (Å²) in [6.45, 7) is 0.425. The molecule has 0 unspecified atom stereocenters. The highest BCUT2D eigenvalue weighted by Crippen LogP contribution is 2.25. The smallest absolute Gasteiger partial charge is 0.128 e. The van der Waals surface area contributed by atoms with Gasteiger partial charge < -0.3 is 11.1 Å². The van der Waals surface area contributed by atoms with Gasteiger partial charge in [-0.05, 0) is 43.3 Å². The molecule has 4 heteroatoms. The quantitative estimate of drug-likeness (QED) is 0.901. The largest absolute Gasteiger partial charge is 0.355 e. The van der Waals surface area contributed by atoms with Gasteiger partial charge in [-0.25, -0.2) is 4.39 Å². The minimum atomic E-state index is -0.222. The molecule has 0 aromatic heterocycles. The zero-order valence-electron chi connectivity index (χ0n) is 9.79. The fourth-order valence-electron chi connectivity index (χ4n) is 1.80. The molecular formula is C14H14BrFN2. The van der Waals surface area contributed by atoms with Crippen molar-refractivity contribution >= 4 is 27.3 Å². The van der Waals surface area contributed by atoms with Crippen molar-refractivity contribution in [1.82, 2.24) is 0 Å². The van der Waals surface area contributed by atoms with E-state index in [9.17, 15) is 4.39 Å². The van der Waals surface area contributed by atoms with Crippen LogP contribution in [-0.2, 0) is 6.42 Å². The maximum absolute atomic E-state index is 13.7. The van der Waals surface area contributed by atoms with Crippen molar-refractivity contribution in [1.29, 1.82) is 0 Å². The van der Waals surface area contributed by atoms with Gasteiger partial charge in [0.05, 0.1) is 0 Å². The SMILES string of the molecule is NCCc1c(F)cccc1Nc1cccc(Br)c1. The summed E-state index contributed by atoms with van der Waals surface area (Å²) in [5, 5.41) is 3.21. The van der Waals surface area contributed by atoms with Gasteiger partial charge in [-0.1, -0.05) is 28.1 Å². The first-order valence-electron chi connectivity index (χ1n) is 5.71. The van der Waals surface area contributed by atoms with Gasteiger partial charge in [0.2, 0.25) is 0 Å². The Morgan fingerprint density at radius 1 is 1.17 bits per heavy atom. The maximum atomic E-state index is 13.7. The van der Waals surface area contributed by atoms with E-state index in [0.717, 1.165) is 15.8 Å². The molecule has 0 aliphatic heterocycles. The Labute approximate surface area is 114 Å². The predicted molar refractivity (Wildman–Crippen MR) is 76.6 cm³/mol. The van der Waals surface area contributed by atoms with Crippen LogP contribution in [0.4, 0.5) is 15.8 Å². The van der Waals surface area contributed by atoms with E-state index >= 15 is 0 Å². The number of anilines is 2. The van der Waals surface area contributed by atoms with Gasteiger partial charge in [0.1, 0.15) is 5.82 Å². The van der Waals surface area contributed by atoms with Crippen LogP contribution in [0.15, 0.2) is 46.9 Å². The fourth-order valence-corrected chi connectivity index (χ4v) is 2.20.